The molecule has 4 saturated heterocycles. The summed E-state index contributed by atoms with van der Waals surface area (Å²) in [6.45, 7) is 1.08. The number of ether oxygens (including phenoxy) is 2. The van der Waals surface area contributed by atoms with Crippen molar-refractivity contribution in [3.05, 3.63) is 143 Å². The van der Waals surface area contributed by atoms with Gasteiger partial charge in [0.25, 0.3) is 17.8 Å². The fourth-order valence-electron chi connectivity index (χ4n) is 8.23. The molecule has 4 aliphatic rings. The second-order valence-electron chi connectivity index (χ2n) is 16.6. The molecule has 4 fully saturated rings. The summed E-state index contributed by atoms with van der Waals surface area (Å²) in [6, 6.07) is 33.7. The topological polar surface area (TPSA) is 200 Å². The zero-order valence-electron chi connectivity index (χ0n) is 38.9. The lowest BCUT2D eigenvalue weighted by atomic mass is 10.1. The summed E-state index contributed by atoms with van der Waals surface area (Å²) in [5.41, 5.74) is 6.33. The summed E-state index contributed by atoms with van der Waals surface area (Å²) in [4.78, 5) is 39.3. The van der Waals surface area contributed by atoms with Gasteiger partial charge in [-0.25, -0.2) is 26.2 Å². The van der Waals surface area contributed by atoms with Crippen LogP contribution in [0, 0.1) is 0 Å². The first-order chi connectivity index (χ1) is 34.4. The Kier molecular flexibility index (Phi) is 16.0. The van der Waals surface area contributed by atoms with E-state index in [2.05, 4.69) is 0 Å². The molecule has 0 saturated carbocycles. The first-order valence-corrected chi connectivity index (χ1v) is 28.2. The zero-order chi connectivity index (χ0) is 51.3. The number of thiocarbonyl (C=S) groups is 2. The third-order valence-electron chi connectivity index (χ3n) is 11.6. The molecular formula is C50H46N6O10S6. The highest BCUT2D eigenvalue weighted by Gasteiger charge is 2.43. The van der Waals surface area contributed by atoms with Crippen LogP contribution in [0.4, 0.5) is 0 Å². The lowest BCUT2D eigenvalue weighted by Crippen LogP contribution is -2.39. The van der Waals surface area contributed by atoms with Crippen LogP contribution in [-0.2, 0) is 34.1 Å². The number of nitrogens with zero attached hydrogens (tertiary/aromatic N) is 6. The van der Waals surface area contributed by atoms with E-state index in [0.717, 1.165) is 40.6 Å². The maximum Gasteiger partial charge on any atom is 0.300 e. The Hall–Kier alpha value is -6.43. The molecule has 2 aromatic heterocycles. The summed E-state index contributed by atoms with van der Waals surface area (Å²) in [6.07, 6.45) is 8.12. The zero-order valence-corrected chi connectivity index (χ0v) is 43.8. The molecule has 0 bridgehead atoms. The van der Waals surface area contributed by atoms with Gasteiger partial charge >= 0.3 is 0 Å². The number of carbonyl (C=O) groups is 3. The Morgan fingerprint density at radius 3 is 1.35 bits per heavy atom. The van der Waals surface area contributed by atoms with E-state index in [1.165, 1.54) is 33.3 Å². The molecule has 372 valence electrons. The Labute approximate surface area is 435 Å². The van der Waals surface area contributed by atoms with Crippen molar-refractivity contribution in [1.29, 1.82) is 0 Å². The number of benzene rings is 4. The molecule has 6 heterocycles. The van der Waals surface area contributed by atoms with Gasteiger partial charge in [-0.15, -0.1) is 0 Å². The Morgan fingerprint density at radius 1 is 0.639 bits per heavy atom. The average molecular weight is 1080 g/mol. The number of carboxylic acid groups (broad SMARTS) is 1. The number of aromatic nitrogens is 4. The van der Waals surface area contributed by atoms with Crippen molar-refractivity contribution in [3.8, 4) is 45.4 Å². The van der Waals surface area contributed by atoms with Gasteiger partial charge in [0.1, 0.15) is 31.5 Å². The highest BCUT2D eigenvalue weighted by Crippen LogP contribution is 2.40. The van der Waals surface area contributed by atoms with Gasteiger partial charge in [-0.3, -0.25) is 24.2 Å². The van der Waals surface area contributed by atoms with Gasteiger partial charge < -0.3 is 14.6 Å². The number of sulfone groups is 2. The van der Waals surface area contributed by atoms with Crippen LogP contribution < -0.4 is 9.47 Å². The number of hydrogen-bond acceptors (Lipinski definition) is 15. The highest BCUT2D eigenvalue weighted by molar-refractivity contribution is 8.27. The van der Waals surface area contributed by atoms with E-state index in [1.807, 2.05) is 122 Å². The number of carbonyl (C=O) groups excluding carboxylic acids is 2. The molecule has 4 aromatic carbocycles. The summed E-state index contributed by atoms with van der Waals surface area (Å²) in [5, 5.41) is 17.0. The van der Waals surface area contributed by atoms with Crippen molar-refractivity contribution in [1.82, 2.24) is 29.4 Å². The number of thioether (sulfide) groups is 2. The molecule has 0 aliphatic carbocycles. The molecule has 6 aromatic rings. The fraction of sp³-hybridized carbons (Fsp3) is 0.220. The maximum atomic E-state index is 13.3. The summed E-state index contributed by atoms with van der Waals surface area (Å²) in [7, 11) is -3.06. The summed E-state index contributed by atoms with van der Waals surface area (Å²) < 4.78 is 62.9. The van der Waals surface area contributed by atoms with Crippen LogP contribution in [0.2, 0.25) is 0 Å². The number of carboxylic acids is 1. The Bertz CT molecular complexity index is 3160. The molecular weight excluding hydrogens is 1040 g/mol. The van der Waals surface area contributed by atoms with E-state index in [-0.39, 0.29) is 34.8 Å². The van der Waals surface area contributed by atoms with Gasteiger partial charge in [0, 0.05) is 41.6 Å². The number of rotatable bonds is 10. The van der Waals surface area contributed by atoms with E-state index >= 15 is 0 Å². The predicted molar refractivity (Wildman–Crippen MR) is 289 cm³/mol. The first kappa shape index (κ1) is 51.9. The number of aliphatic carboxylic acids is 1. The first-order valence-electron chi connectivity index (χ1n) is 22.2. The Morgan fingerprint density at radius 2 is 1.01 bits per heavy atom. The van der Waals surface area contributed by atoms with Gasteiger partial charge in [0.05, 0.1) is 70.5 Å². The van der Waals surface area contributed by atoms with E-state index < -0.39 is 37.7 Å². The van der Waals surface area contributed by atoms with Crippen molar-refractivity contribution in [3.63, 3.8) is 0 Å². The van der Waals surface area contributed by atoms with Gasteiger partial charge in [-0.2, -0.15) is 10.2 Å². The van der Waals surface area contributed by atoms with Crippen molar-refractivity contribution in [2.24, 2.45) is 0 Å². The maximum absolute atomic E-state index is 13.3. The van der Waals surface area contributed by atoms with E-state index in [1.54, 1.807) is 35.7 Å². The Balaban J connectivity index is 0.000000179. The number of methoxy groups -OCH3 is 2. The van der Waals surface area contributed by atoms with Crippen LogP contribution >= 0.6 is 48.0 Å². The monoisotopic (exact) mass is 1080 g/mol. The fourth-order valence-corrected chi connectivity index (χ4v) is 14.4. The van der Waals surface area contributed by atoms with Gasteiger partial charge in [0.15, 0.2) is 19.7 Å². The number of amides is 2. The molecule has 1 N–H and O–H groups in total. The van der Waals surface area contributed by atoms with Gasteiger partial charge in [0.2, 0.25) is 0 Å². The molecule has 2 unspecified atom stereocenters. The van der Waals surface area contributed by atoms with Crippen LogP contribution in [0.15, 0.2) is 131 Å². The highest BCUT2D eigenvalue weighted by atomic mass is 32.2. The minimum Gasteiger partial charge on any atom is -0.497 e. The number of hydrogen-bond donors (Lipinski definition) is 1. The molecule has 0 radical (unpaired) electrons. The van der Waals surface area contributed by atoms with E-state index in [0.29, 0.717) is 54.2 Å². The average Bonchev–Trinajstić information content (AvgIpc) is 4.23. The molecule has 16 nitrogen and oxygen atoms in total. The lowest BCUT2D eigenvalue weighted by Gasteiger charge is -2.20. The number of para-hydroxylation sites is 2. The van der Waals surface area contributed by atoms with Crippen LogP contribution in [0.1, 0.15) is 30.9 Å². The predicted octanol–water partition coefficient (Wildman–Crippen LogP) is 7.96. The normalized spacial score (nSPS) is 20.1. The standard InChI is InChI=1S/2C24H21N3O4S3.C2H4O2/c2*1-31-20-9-5-6-16(12-20)22-17(14-26(25-22)18-7-3-2-4-8-18)13-21-23(28)27(24(32)33-21)19-10-11-34(29,30)15-19;1-2(3)4/h2*2-9,12-14,19H,10-11,15H2,1H3;1H3,(H,3,4)/b2*21-13-;. The lowest BCUT2D eigenvalue weighted by molar-refractivity contribution is -0.134. The van der Waals surface area contributed by atoms with Crippen molar-refractivity contribution >= 4 is 106 Å². The quantitative estimate of drug-likeness (QED) is 0.102. The van der Waals surface area contributed by atoms with E-state index in [9.17, 15) is 26.4 Å². The minimum atomic E-state index is -3.14. The smallest absolute Gasteiger partial charge is 0.300 e. The summed E-state index contributed by atoms with van der Waals surface area (Å²) >= 11 is 13.3. The largest absolute Gasteiger partial charge is 0.497 e. The second kappa shape index (κ2) is 22.1. The molecule has 2 atom stereocenters. The minimum absolute atomic E-state index is 0.0479. The molecule has 4 aliphatic heterocycles. The molecule has 0 spiro atoms. The van der Waals surface area contributed by atoms with Crippen molar-refractivity contribution in [2.45, 2.75) is 31.8 Å². The second-order valence-corrected chi connectivity index (χ2v) is 24.4. The van der Waals surface area contributed by atoms with Gasteiger partial charge in [-0.05, 0) is 73.5 Å². The molecule has 2 amide bonds. The van der Waals surface area contributed by atoms with Crippen LogP contribution in [-0.4, -0.2) is 127 Å². The third-order valence-corrected chi connectivity index (χ3v) is 17.7. The van der Waals surface area contributed by atoms with Gasteiger partial charge in [-0.1, -0.05) is 109 Å². The third kappa shape index (κ3) is 12.1. The molecule has 72 heavy (non-hydrogen) atoms. The van der Waals surface area contributed by atoms with Crippen LogP contribution in [0.5, 0.6) is 11.5 Å². The van der Waals surface area contributed by atoms with Crippen LogP contribution in [0.3, 0.4) is 0 Å². The van der Waals surface area contributed by atoms with E-state index in [4.69, 9.17) is 54.0 Å². The summed E-state index contributed by atoms with van der Waals surface area (Å²) in [5.74, 6) is 0.108. The van der Waals surface area contributed by atoms with Crippen molar-refractivity contribution < 1.29 is 45.8 Å². The van der Waals surface area contributed by atoms with Crippen LogP contribution in [0.25, 0.3) is 46.0 Å². The SMILES string of the molecule is CC(=O)O.COc1cccc(-c2nn(-c3ccccc3)cc2/C=C2\SC(=S)N(C3CCS(=O)(=O)C3)C2=O)c1.COc1cccc(-c2nn(-c3ccccc3)cc2/C=C2\SC(=S)N(C3CCS(=O)(=O)C3)C2=O)c1. The van der Waals surface area contributed by atoms with Crippen molar-refractivity contribution in [2.75, 3.05) is 37.2 Å². The molecule has 22 heteroatoms. The molecule has 10 rings (SSSR count).